The average Bonchev–Trinajstić information content (AvgIpc) is 3.09. The Hall–Kier alpha value is -4.34. The van der Waals surface area contributed by atoms with Gasteiger partial charge in [0.1, 0.15) is 4.90 Å². The molecule has 0 aliphatic carbocycles. The molecule has 2 aliphatic rings. The summed E-state index contributed by atoms with van der Waals surface area (Å²) in [5.74, 6) is 0.200. The number of carbonyl (C=O) groups is 1. The van der Waals surface area contributed by atoms with Crippen LogP contribution in [0.25, 0.3) is 0 Å². The lowest BCUT2D eigenvalue weighted by Crippen LogP contribution is -2.45. The summed E-state index contributed by atoms with van der Waals surface area (Å²) in [5, 5.41) is 3.02. The SMILES string of the molecule is CN1CCN(c2cc(N3CCC(Cc4ccccc4)CC3)c(S(=O)(=O)N(C)c3ccccc3)cc2C(=O)Nc2ccccc2)CC1. The quantitative estimate of drug-likeness (QED) is 0.244. The summed E-state index contributed by atoms with van der Waals surface area (Å²) in [5.41, 5.74) is 4.34. The second kappa shape index (κ2) is 14.0. The molecule has 46 heavy (non-hydrogen) atoms. The van der Waals surface area contributed by atoms with Gasteiger partial charge < -0.3 is 20.0 Å². The van der Waals surface area contributed by atoms with E-state index in [2.05, 4.69) is 51.3 Å². The molecule has 2 aliphatic heterocycles. The number of anilines is 4. The number of hydrogen-bond donors (Lipinski definition) is 1. The molecule has 0 unspecified atom stereocenters. The van der Waals surface area contributed by atoms with E-state index in [1.807, 2.05) is 60.7 Å². The number of para-hydroxylation sites is 2. The Labute approximate surface area is 273 Å². The highest BCUT2D eigenvalue weighted by atomic mass is 32.2. The lowest BCUT2D eigenvalue weighted by Gasteiger charge is -2.38. The van der Waals surface area contributed by atoms with Gasteiger partial charge in [0.2, 0.25) is 0 Å². The van der Waals surface area contributed by atoms with Gasteiger partial charge in [0.25, 0.3) is 15.9 Å². The maximum absolute atomic E-state index is 14.5. The number of benzene rings is 4. The molecule has 0 aromatic heterocycles. The summed E-state index contributed by atoms with van der Waals surface area (Å²) in [6.07, 6.45) is 2.94. The van der Waals surface area contributed by atoms with Gasteiger partial charge in [-0.1, -0.05) is 66.7 Å². The Morgan fingerprint density at radius 1 is 0.761 bits per heavy atom. The third-order valence-corrected chi connectivity index (χ3v) is 11.1. The molecular formula is C37H43N5O3S. The molecule has 0 bridgehead atoms. The average molecular weight is 638 g/mol. The largest absolute Gasteiger partial charge is 0.370 e. The van der Waals surface area contributed by atoms with Crippen molar-refractivity contribution in [2.24, 2.45) is 5.92 Å². The van der Waals surface area contributed by atoms with Crippen LogP contribution in [-0.2, 0) is 16.4 Å². The van der Waals surface area contributed by atoms with E-state index in [-0.39, 0.29) is 10.8 Å². The number of likely N-dealkylation sites (N-methyl/N-ethyl adjacent to an activating group) is 1. The van der Waals surface area contributed by atoms with Crippen LogP contribution in [0.5, 0.6) is 0 Å². The van der Waals surface area contributed by atoms with E-state index >= 15 is 0 Å². The van der Waals surface area contributed by atoms with Crippen molar-refractivity contribution in [3.8, 4) is 0 Å². The molecule has 4 aromatic rings. The number of nitrogens with one attached hydrogen (secondary N) is 1. The minimum atomic E-state index is -4.03. The number of amides is 1. The minimum absolute atomic E-state index is 0.149. The molecule has 1 amide bonds. The predicted octanol–water partition coefficient (Wildman–Crippen LogP) is 5.97. The minimum Gasteiger partial charge on any atom is -0.370 e. The smallest absolute Gasteiger partial charge is 0.266 e. The van der Waals surface area contributed by atoms with Crippen molar-refractivity contribution in [3.63, 3.8) is 0 Å². The molecule has 4 aromatic carbocycles. The van der Waals surface area contributed by atoms with Gasteiger partial charge >= 0.3 is 0 Å². The van der Waals surface area contributed by atoms with Gasteiger partial charge in [-0.05, 0) is 74.2 Å². The van der Waals surface area contributed by atoms with E-state index < -0.39 is 10.0 Å². The van der Waals surface area contributed by atoms with Gasteiger partial charge in [-0.3, -0.25) is 9.10 Å². The van der Waals surface area contributed by atoms with Crippen molar-refractivity contribution < 1.29 is 13.2 Å². The number of sulfonamides is 1. The molecule has 8 nitrogen and oxygen atoms in total. The molecule has 6 rings (SSSR count). The number of nitrogens with zero attached hydrogens (tertiary/aromatic N) is 4. The fourth-order valence-electron chi connectivity index (χ4n) is 6.47. The molecule has 0 saturated carbocycles. The predicted molar refractivity (Wildman–Crippen MR) is 188 cm³/mol. The topological polar surface area (TPSA) is 76.2 Å². The summed E-state index contributed by atoms with van der Waals surface area (Å²) in [6, 6.07) is 32.5. The second-order valence-electron chi connectivity index (χ2n) is 12.4. The first-order valence-electron chi connectivity index (χ1n) is 16.1. The second-order valence-corrected chi connectivity index (χ2v) is 14.3. The number of rotatable bonds is 9. The maximum atomic E-state index is 14.5. The van der Waals surface area contributed by atoms with E-state index in [9.17, 15) is 13.2 Å². The standard InChI is InChI=1S/C37H43N5O3S/c1-39-22-24-42(25-23-39)34-28-35(41-20-18-30(19-21-41)26-29-12-6-3-7-13-29)36(46(44,45)40(2)32-16-10-5-11-17-32)27-33(34)37(43)38-31-14-8-4-9-15-31/h3-17,27-28,30H,18-26H2,1-2H3,(H,38,43). The zero-order valence-corrected chi connectivity index (χ0v) is 27.5. The number of piperazine rings is 1. The lowest BCUT2D eigenvalue weighted by atomic mass is 9.90. The first-order valence-corrected chi connectivity index (χ1v) is 17.5. The first kappa shape index (κ1) is 31.6. The normalized spacial score (nSPS) is 16.3. The molecule has 2 fully saturated rings. The van der Waals surface area contributed by atoms with Crippen molar-refractivity contribution in [3.05, 3.63) is 114 Å². The van der Waals surface area contributed by atoms with E-state index in [4.69, 9.17) is 0 Å². The van der Waals surface area contributed by atoms with Crippen molar-refractivity contribution in [2.45, 2.75) is 24.2 Å². The highest BCUT2D eigenvalue weighted by Crippen LogP contribution is 2.39. The molecule has 2 saturated heterocycles. The third-order valence-electron chi connectivity index (χ3n) is 9.28. The molecule has 1 N–H and O–H groups in total. The van der Waals surface area contributed by atoms with E-state index in [0.717, 1.165) is 64.2 Å². The van der Waals surface area contributed by atoms with Crippen LogP contribution in [0.4, 0.5) is 22.7 Å². The molecule has 0 radical (unpaired) electrons. The Balaban J connectivity index is 1.41. The van der Waals surface area contributed by atoms with Crippen molar-refractivity contribution in [2.75, 3.05) is 72.8 Å². The number of hydrogen-bond acceptors (Lipinski definition) is 6. The highest BCUT2D eigenvalue weighted by molar-refractivity contribution is 7.93. The van der Waals surface area contributed by atoms with Crippen LogP contribution in [0.2, 0.25) is 0 Å². The van der Waals surface area contributed by atoms with Crippen molar-refractivity contribution >= 4 is 38.7 Å². The Bertz CT molecular complexity index is 1720. The fourth-order valence-corrected chi connectivity index (χ4v) is 7.88. The first-order chi connectivity index (χ1) is 22.3. The van der Waals surface area contributed by atoms with Crippen LogP contribution in [0.1, 0.15) is 28.8 Å². The number of piperidine rings is 1. The molecule has 2 heterocycles. The Kier molecular flexibility index (Phi) is 9.61. The molecular weight excluding hydrogens is 595 g/mol. The molecule has 0 spiro atoms. The van der Waals surface area contributed by atoms with Crippen molar-refractivity contribution in [1.82, 2.24) is 4.90 Å². The van der Waals surface area contributed by atoms with Crippen LogP contribution in [-0.4, -0.2) is 72.6 Å². The highest BCUT2D eigenvalue weighted by Gasteiger charge is 2.33. The zero-order valence-electron chi connectivity index (χ0n) is 26.7. The Morgan fingerprint density at radius 3 is 1.96 bits per heavy atom. The van der Waals surface area contributed by atoms with E-state index in [1.165, 1.54) is 9.87 Å². The monoisotopic (exact) mass is 637 g/mol. The zero-order chi connectivity index (χ0) is 32.1. The van der Waals surface area contributed by atoms with Crippen LogP contribution in [0.15, 0.2) is 108 Å². The van der Waals surface area contributed by atoms with E-state index in [0.29, 0.717) is 28.5 Å². The fraction of sp³-hybridized carbons (Fsp3) is 0.324. The maximum Gasteiger partial charge on any atom is 0.266 e. The lowest BCUT2D eigenvalue weighted by molar-refractivity contribution is 0.102. The summed E-state index contributed by atoms with van der Waals surface area (Å²) < 4.78 is 30.3. The third kappa shape index (κ3) is 7.06. The Morgan fingerprint density at radius 2 is 1.33 bits per heavy atom. The van der Waals surface area contributed by atoms with Gasteiger partial charge in [0, 0.05) is 52.0 Å². The van der Waals surface area contributed by atoms with E-state index in [1.54, 1.807) is 25.2 Å². The summed E-state index contributed by atoms with van der Waals surface area (Å²) in [7, 11) is -0.355. The van der Waals surface area contributed by atoms with Crippen LogP contribution >= 0.6 is 0 Å². The van der Waals surface area contributed by atoms with Gasteiger partial charge in [-0.15, -0.1) is 0 Å². The molecule has 9 heteroatoms. The van der Waals surface area contributed by atoms with Crippen LogP contribution in [0.3, 0.4) is 0 Å². The summed E-state index contributed by atoms with van der Waals surface area (Å²) in [4.78, 5) is 20.9. The molecule has 0 atom stereocenters. The van der Waals surface area contributed by atoms with Gasteiger partial charge in [-0.25, -0.2) is 8.42 Å². The van der Waals surface area contributed by atoms with Gasteiger partial charge in [-0.2, -0.15) is 0 Å². The van der Waals surface area contributed by atoms with Crippen LogP contribution in [0, 0.1) is 5.92 Å². The molecule has 240 valence electrons. The summed E-state index contributed by atoms with van der Waals surface area (Å²) in [6.45, 7) is 4.70. The number of carbonyl (C=O) groups excluding carboxylic acids is 1. The summed E-state index contributed by atoms with van der Waals surface area (Å²) >= 11 is 0. The van der Waals surface area contributed by atoms with Crippen LogP contribution < -0.4 is 19.4 Å². The van der Waals surface area contributed by atoms with Gasteiger partial charge in [0.15, 0.2) is 0 Å². The van der Waals surface area contributed by atoms with Gasteiger partial charge in [0.05, 0.1) is 22.6 Å². The van der Waals surface area contributed by atoms with Crippen molar-refractivity contribution in [1.29, 1.82) is 0 Å².